The van der Waals surface area contributed by atoms with Crippen LogP contribution in [0, 0.1) is 59.9 Å². The number of hydrogen-bond acceptors (Lipinski definition) is 0. The van der Waals surface area contributed by atoms with Gasteiger partial charge in [0.25, 0.3) is 0 Å². The summed E-state index contributed by atoms with van der Waals surface area (Å²) in [6, 6.07) is 20.0. The van der Waals surface area contributed by atoms with E-state index in [9.17, 15) is 0 Å². The summed E-state index contributed by atoms with van der Waals surface area (Å²) in [7, 11) is 1.84. The molecule has 0 heterocycles. The maximum absolute atomic E-state index is 7.50. The summed E-state index contributed by atoms with van der Waals surface area (Å²) < 4.78 is 67.5. The van der Waals surface area contributed by atoms with Gasteiger partial charge in [-0.1, -0.05) is 64.2 Å². The summed E-state index contributed by atoms with van der Waals surface area (Å²) >= 11 is 0. The molecule has 0 aliphatic heterocycles. The van der Waals surface area contributed by atoms with Crippen molar-refractivity contribution in [1.29, 1.82) is 0 Å². The van der Waals surface area contributed by atoms with E-state index in [1.165, 1.54) is 64.2 Å². The fraction of sp³-hybridized carbons (Fsp3) is 0.387. The van der Waals surface area contributed by atoms with Crippen molar-refractivity contribution in [3.8, 4) is 0 Å². The van der Waals surface area contributed by atoms with Gasteiger partial charge in [0.2, 0.25) is 0 Å². The molecule has 0 aromatic heterocycles. The Bertz CT molecular complexity index is 665. The second-order valence-corrected chi connectivity index (χ2v) is 8.42. The fourth-order valence-corrected chi connectivity index (χ4v) is 5.32. The van der Waals surface area contributed by atoms with Gasteiger partial charge in [-0.25, -0.2) is 24.3 Å². The molecule has 0 N–H and O–H groups in total. The second-order valence-electron chi connectivity index (χ2n) is 6.66. The van der Waals surface area contributed by atoms with Crippen LogP contribution in [0.15, 0.2) is 60.7 Å². The molecule has 2 aliphatic rings. The Morgan fingerprint density at radius 1 is 0.400 bits per heavy atom. The second kappa shape index (κ2) is 112. The monoisotopic (exact) mass is 1060 g/mol. The molecule has 248 valence electrons. The largest absolute Gasteiger partial charge is 1.00 e. The normalized spacial score (nSPS) is 10.2. The molecule has 4 rings (SSSR count). The van der Waals surface area contributed by atoms with Crippen LogP contribution in [0.5, 0.6) is 0 Å². The standard InChI is InChI=1S/C12H22P.2C5H5.9CO.2Fe.2W.H/c1-3-7-11(8-4-1)13-12-9-5-2-6-10-12;2*1-2-4-5-3-1;9*1-2;;;;;/h11-12H,1-10H2;2*1-5H;;;;;;;;;;;;;;/q3*-1;;;;;;;;;;;;;;-1. The van der Waals surface area contributed by atoms with E-state index in [0.717, 1.165) is 11.3 Å². The van der Waals surface area contributed by atoms with E-state index in [2.05, 4.69) is 59.9 Å². The van der Waals surface area contributed by atoms with Crippen LogP contribution >= 0.6 is 8.58 Å². The summed E-state index contributed by atoms with van der Waals surface area (Å²) in [5.41, 5.74) is 2.19. The van der Waals surface area contributed by atoms with Gasteiger partial charge in [-0.3, -0.25) is 0 Å². The molecule has 0 unspecified atom stereocenters. The number of rotatable bonds is 2. The molecule has 45 heavy (non-hydrogen) atoms. The minimum absolute atomic E-state index is 0. The third kappa shape index (κ3) is 86.0. The van der Waals surface area contributed by atoms with Crippen molar-refractivity contribution in [2.75, 3.05) is 0 Å². The van der Waals surface area contributed by atoms with E-state index in [-0.39, 0.29) is 77.7 Å². The molecule has 0 atom stereocenters. The van der Waals surface area contributed by atoms with E-state index in [1.807, 2.05) is 69.2 Å². The Morgan fingerprint density at radius 2 is 0.578 bits per heavy atom. The number of hydrogen-bond donors (Lipinski definition) is 0. The maximum Gasteiger partial charge on any atom is 0 e. The first-order chi connectivity index (χ1) is 20.4. The van der Waals surface area contributed by atoms with Crippen molar-refractivity contribution >= 4 is 8.58 Å². The third-order valence-electron chi connectivity index (χ3n) is 4.68. The fourth-order valence-electron chi connectivity index (χ4n) is 3.40. The average molecular weight is 1060 g/mol. The van der Waals surface area contributed by atoms with Crippen molar-refractivity contribution in [3.05, 3.63) is 121 Å². The van der Waals surface area contributed by atoms with E-state index in [1.54, 1.807) is 0 Å². The van der Waals surface area contributed by atoms with E-state index in [4.69, 9.17) is 41.9 Å². The summed E-state index contributed by atoms with van der Waals surface area (Å²) in [5.74, 6) is 0. The van der Waals surface area contributed by atoms with Crippen molar-refractivity contribution in [2.24, 2.45) is 0 Å². The molecule has 0 radical (unpaired) electrons. The van der Waals surface area contributed by atoms with Gasteiger partial charge in [-0.15, -0.1) is 0 Å². The zero-order chi connectivity index (χ0) is 34.0. The minimum atomic E-state index is 0. The van der Waals surface area contributed by atoms with E-state index in [0.29, 0.717) is 0 Å². The van der Waals surface area contributed by atoms with E-state index < -0.39 is 0 Å². The Morgan fingerprint density at radius 3 is 0.711 bits per heavy atom. The van der Waals surface area contributed by atoms with Crippen LogP contribution in [-0.2, 0) is 118 Å². The van der Waals surface area contributed by atoms with Gasteiger partial charge in [0.15, 0.2) is 0 Å². The van der Waals surface area contributed by atoms with Gasteiger partial charge < -0.3 is 10.0 Å². The Balaban J connectivity index is -0.0000000262. The zero-order valence-electron chi connectivity index (χ0n) is 25.1. The van der Waals surface area contributed by atoms with Crippen LogP contribution in [-0.4, -0.2) is 11.3 Å². The summed E-state index contributed by atoms with van der Waals surface area (Å²) in [4.78, 5) is 0. The van der Waals surface area contributed by atoms with Crippen molar-refractivity contribution < 1.29 is 120 Å². The maximum atomic E-state index is 7.50. The summed E-state index contributed by atoms with van der Waals surface area (Å²) in [5, 5.41) is 0. The first-order valence-electron chi connectivity index (χ1n) is 11.3. The molecule has 2 aromatic carbocycles. The SMILES string of the molecule is C1CCC([P-]C2CCCCC2)CC1.[C-]#[O+].[C-]#[O+].[C-]#[O+].[C-]#[O+].[C-]#[O+].[C-]#[O+].[C-]#[O+].[C-]#[O+].[C-]#[O+].[Fe].[Fe].[H-].[W].[W].c1cc[cH-]c1.c1cc[cH-]c1. The van der Waals surface area contributed by atoms with Gasteiger partial charge in [0, 0.05) is 76.3 Å². The van der Waals surface area contributed by atoms with E-state index >= 15 is 0 Å². The predicted octanol–water partition coefficient (Wildman–Crippen LogP) is 7.17. The molecule has 14 heteroatoms. The molecular formula is C31H33Fe2O9PW2-4. The molecule has 0 saturated heterocycles. The zero-order valence-corrected chi connectivity index (χ0v) is 33.1. The Hall–Kier alpha value is -0.794. The van der Waals surface area contributed by atoms with Crippen LogP contribution < -0.4 is 0 Å². The van der Waals surface area contributed by atoms with Crippen LogP contribution in [0.25, 0.3) is 0 Å². The van der Waals surface area contributed by atoms with Gasteiger partial charge in [0.1, 0.15) is 0 Å². The molecule has 0 spiro atoms. The van der Waals surface area contributed by atoms with Gasteiger partial charge in [-0.2, -0.15) is 47.7 Å². The smallest absolute Gasteiger partial charge is 0 e. The molecule has 2 fully saturated rings. The van der Waals surface area contributed by atoms with Gasteiger partial charge in [-0.05, 0) is 0 Å². The molecular weight excluding hydrogens is 1030 g/mol. The average Bonchev–Trinajstić information content (AvgIpc) is 3.91. The first-order valence-corrected chi connectivity index (χ1v) is 12.4. The molecule has 9 nitrogen and oxygen atoms in total. The van der Waals surface area contributed by atoms with Crippen molar-refractivity contribution in [2.45, 2.75) is 75.5 Å². The molecule has 0 amide bonds. The summed E-state index contributed by atoms with van der Waals surface area (Å²) in [6.07, 6.45) is 15.3. The first kappa shape index (κ1) is 79.6. The van der Waals surface area contributed by atoms with Crippen LogP contribution in [0.3, 0.4) is 0 Å². The van der Waals surface area contributed by atoms with Gasteiger partial charge >= 0.3 is 102 Å². The van der Waals surface area contributed by atoms with Crippen LogP contribution in [0.1, 0.15) is 65.6 Å². The molecule has 0 bridgehead atoms. The van der Waals surface area contributed by atoms with Crippen molar-refractivity contribution in [1.82, 2.24) is 0 Å². The Labute approximate surface area is 321 Å². The quantitative estimate of drug-likeness (QED) is 0.128. The molecule has 2 saturated carbocycles. The molecule has 2 aliphatic carbocycles. The topological polar surface area (TPSA) is 179 Å². The van der Waals surface area contributed by atoms with Gasteiger partial charge in [0.05, 0.1) is 0 Å². The summed E-state index contributed by atoms with van der Waals surface area (Å²) in [6.45, 7) is 40.5. The third-order valence-corrected chi connectivity index (χ3v) is 6.56. The molecule has 2 aromatic rings. The Kier molecular flexibility index (Phi) is 198. The van der Waals surface area contributed by atoms with Crippen LogP contribution in [0.4, 0.5) is 0 Å². The minimum Gasteiger partial charge on any atom is -1.00 e. The predicted molar refractivity (Wildman–Crippen MR) is 141 cm³/mol. The van der Waals surface area contributed by atoms with Crippen LogP contribution in [0.2, 0.25) is 0 Å². The van der Waals surface area contributed by atoms with Crippen molar-refractivity contribution in [3.63, 3.8) is 0 Å².